The van der Waals surface area contributed by atoms with Gasteiger partial charge in [0.1, 0.15) is 0 Å². The van der Waals surface area contributed by atoms with Crippen LogP contribution in [0.5, 0.6) is 0 Å². The van der Waals surface area contributed by atoms with E-state index in [1.807, 2.05) is 0 Å². The number of nitro groups is 1. The minimum Gasteiger partial charge on any atom is -0.378 e. The Morgan fingerprint density at radius 3 is 2.61 bits per heavy atom. The highest BCUT2D eigenvalue weighted by Gasteiger charge is 2.18. The van der Waals surface area contributed by atoms with Crippen LogP contribution in [-0.2, 0) is 9.53 Å². The lowest BCUT2D eigenvalue weighted by atomic mass is 10.1. The highest BCUT2D eigenvalue weighted by Crippen LogP contribution is 2.16. The summed E-state index contributed by atoms with van der Waals surface area (Å²) in [5.41, 5.74) is 1.48. The van der Waals surface area contributed by atoms with Gasteiger partial charge >= 0.3 is 0 Å². The second kappa shape index (κ2) is 8.92. The van der Waals surface area contributed by atoms with E-state index < -0.39 is 10.8 Å². The van der Waals surface area contributed by atoms with Gasteiger partial charge in [-0.05, 0) is 29.8 Å². The van der Waals surface area contributed by atoms with Crippen LogP contribution in [-0.4, -0.2) is 47.9 Å². The Hall–Kier alpha value is -3.52. The maximum atomic E-state index is 12.5. The maximum Gasteiger partial charge on any atom is 0.270 e. The van der Waals surface area contributed by atoms with E-state index in [0.717, 1.165) is 0 Å². The number of morpholine rings is 1. The SMILES string of the molecule is O=C(/C=C/c1cccc([N+](=O)[O-])c1)Nc1cccc(C(=O)N2CCOCC2)c1. The molecular formula is C20H19N3O5. The minimum absolute atomic E-state index is 0.0446. The Morgan fingerprint density at radius 1 is 1.11 bits per heavy atom. The number of rotatable bonds is 5. The van der Waals surface area contributed by atoms with Crippen molar-refractivity contribution in [3.8, 4) is 0 Å². The summed E-state index contributed by atoms with van der Waals surface area (Å²) in [6.07, 6.45) is 2.78. The molecule has 0 atom stereocenters. The Labute approximate surface area is 161 Å². The topological polar surface area (TPSA) is 102 Å². The first kappa shape index (κ1) is 19.2. The Morgan fingerprint density at radius 2 is 1.86 bits per heavy atom. The zero-order valence-electron chi connectivity index (χ0n) is 15.0. The molecule has 1 aliphatic heterocycles. The van der Waals surface area contributed by atoms with Crippen LogP contribution in [0.3, 0.4) is 0 Å². The third kappa shape index (κ3) is 5.01. The average Bonchev–Trinajstić information content (AvgIpc) is 2.73. The summed E-state index contributed by atoms with van der Waals surface area (Å²) in [5, 5.41) is 13.5. The lowest BCUT2D eigenvalue weighted by molar-refractivity contribution is -0.384. The molecule has 0 aliphatic carbocycles. The summed E-state index contributed by atoms with van der Waals surface area (Å²) < 4.78 is 5.25. The molecule has 2 aromatic carbocycles. The van der Waals surface area contributed by atoms with Crippen molar-refractivity contribution in [2.24, 2.45) is 0 Å². The number of ether oxygens (including phenoxy) is 1. The van der Waals surface area contributed by atoms with Crippen LogP contribution < -0.4 is 5.32 Å². The largest absolute Gasteiger partial charge is 0.378 e. The van der Waals surface area contributed by atoms with Crippen molar-refractivity contribution in [3.63, 3.8) is 0 Å². The Bertz CT molecular complexity index is 920. The number of amides is 2. The molecular weight excluding hydrogens is 362 g/mol. The molecule has 1 aliphatic rings. The van der Waals surface area contributed by atoms with Crippen molar-refractivity contribution >= 4 is 29.3 Å². The summed E-state index contributed by atoms with van der Waals surface area (Å²) in [6.45, 7) is 2.12. The Balaban J connectivity index is 1.65. The maximum absolute atomic E-state index is 12.5. The highest BCUT2D eigenvalue weighted by atomic mass is 16.6. The van der Waals surface area contributed by atoms with Gasteiger partial charge in [-0.3, -0.25) is 19.7 Å². The van der Waals surface area contributed by atoms with Gasteiger partial charge < -0.3 is 15.0 Å². The van der Waals surface area contributed by atoms with Crippen molar-refractivity contribution in [1.82, 2.24) is 4.90 Å². The van der Waals surface area contributed by atoms with Gasteiger partial charge in [0.05, 0.1) is 18.1 Å². The molecule has 0 bridgehead atoms. The van der Waals surface area contributed by atoms with Crippen LogP contribution in [0.15, 0.2) is 54.6 Å². The summed E-state index contributed by atoms with van der Waals surface area (Å²) in [7, 11) is 0. The van der Waals surface area contributed by atoms with Crippen LogP contribution in [0.1, 0.15) is 15.9 Å². The molecule has 0 unspecified atom stereocenters. The smallest absolute Gasteiger partial charge is 0.270 e. The fourth-order valence-electron chi connectivity index (χ4n) is 2.78. The first-order chi connectivity index (χ1) is 13.5. The molecule has 2 amide bonds. The molecule has 0 radical (unpaired) electrons. The summed E-state index contributed by atoms with van der Waals surface area (Å²) >= 11 is 0. The zero-order chi connectivity index (χ0) is 19.9. The second-order valence-corrected chi connectivity index (χ2v) is 6.16. The van der Waals surface area contributed by atoms with Gasteiger partial charge in [-0.15, -0.1) is 0 Å². The number of nitro benzene ring substituents is 1. The molecule has 2 aromatic rings. The normalized spacial score (nSPS) is 14.1. The second-order valence-electron chi connectivity index (χ2n) is 6.16. The molecule has 8 nitrogen and oxygen atoms in total. The van der Waals surface area contributed by atoms with Gasteiger partial charge in [0, 0.05) is 42.5 Å². The molecule has 0 aromatic heterocycles. The van der Waals surface area contributed by atoms with Crippen molar-refractivity contribution in [3.05, 3.63) is 75.8 Å². The number of carbonyl (C=O) groups excluding carboxylic acids is 2. The van der Waals surface area contributed by atoms with Gasteiger partial charge in [-0.25, -0.2) is 0 Å². The number of carbonyl (C=O) groups is 2. The molecule has 28 heavy (non-hydrogen) atoms. The molecule has 1 fully saturated rings. The van der Waals surface area contributed by atoms with Crippen molar-refractivity contribution in [1.29, 1.82) is 0 Å². The molecule has 144 valence electrons. The van der Waals surface area contributed by atoms with E-state index in [0.29, 0.717) is 43.1 Å². The summed E-state index contributed by atoms with van der Waals surface area (Å²) in [6, 6.07) is 12.7. The van der Waals surface area contributed by atoms with E-state index >= 15 is 0 Å². The van der Waals surface area contributed by atoms with Crippen molar-refractivity contribution < 1.29 is 19.2 Å². The standard InChI is InChI=1S/C20H19N3O5/c24-19(8-7-15-3-1-6-18(13-15)23(26)27)21-17-5-2-4-16(14-17)20(25)22-9-11-28-12-10-22/h1-8,13-14H,9-12H2,(H,21,24)/b8-7+. The molecule has 3 rings (SSSR count). The first-order valence-electron chi connectivity index (χ1n) is 8.73. The number of non-ortho nitro benzene ring substituents is 1. The van der Waals surface area contributed by atoms with Crippen molar-refractivity contribution in [2.45, 2.75) is 0 Å². The van der Waals surface area contributed by atoms with Gasteiger partial charge in [0.25, 0.3) is 11.6 Å². The summed E-state index contributed by atoms with van der Waals surface area (Å²) in [4.78, 5) is 36.7. The third-order valence-corrected chi connectivity index (χ3v) is 4.18. The number of hydrogen-bond acceptors (Lipinski definition) is 5. The fraction of sp³-hybridized carbons (Fsp3) is 0.200. The van der Waals surface area contributed by atoms with Crippen molar-refractivity contribution in [2.75, 3.05) is 31.6 Å². The molecule has 1 saturated heterocycles. The molecule has 1 N–H and O–H groups in total. The van der Waals surface area contributed by atoms with Gasteiger partial charge in [0.2, 0.25) is 5.91 Å². The monoisotopic (exact) mass is 381 g/mol. The Kier molecular flexibility index (Phi) is 6.13. The predicted octanol–water partition coefficient (Wildman–Crippen LogP) is 2.72. The molecule has 0 saturated carbocycles. The van der Waals surface area contributed by atoms with E-state index in [4.69, 9.17) is 4.74 Å². The van der Waals surface area contributed by atoms with E-state index in [1.54, 1.807) is 41.3 Å². The van der Waals surface area contributed by atoms with E-state index in [1.165, 1.54) is 24.3 Å². The van der Waals surface area contributed by atoms with E-state index in [2.05, 4.69) is 5.32 Å². The van der Waals surface area contributed by atoms with Crippen LogP contribution in [0.25, 0.3) is 6.08 Å². The molecule has 0 spiro atoms. The van der Waals surface area contributed by atoms with Gasteiger partial charge in [0.15, 0.2) is 0 Å². The predicted molar refractivity (Wildman–Crippen MR) is 104 cm³/mol. The van der Waals surface area contributed by atoms with Crippen LogP contribution in [0, 0.1) is 10.1 Å². The lowest BCUT2D eigenvalue weighted by Crippen LogP contribution is -2.40. The van der Waals surface area contributed by atoms with E-state index in [-0.39, 0.29) is 11.6 Å². The number of nitrogens with zero attached hydrogens (tertiary/aromatic N) is 2. The van der Waals surface area contributed by atoms with E-state index in [9.17, 15) is 19.7 Å². The van der Waals surface area contributed by atoms with Gasteiger partial charge in [-0.1, -0.05) is 18.2 Å². The lowest BCUT2D eigenvalue weighted by Gasteiger charge is -2.27. The third-order valence-electron chi connectivity index (χ3n) is 4.18. The van der Waals surface area contributed by atoms with Gasteiger partial charge in [-0.2, -0.15) is 0 Å². The highest BCUT2D eigenvalue weighted by molar-refractivity contribution is 6.03. The quantitative estimate of drug-likeness (QED) is 0.487. The fourth-order valence-corrected chi connectivity index (χ4v) is 2.78. The van der Waals surface area contributed by atoms with Crippen LogP contribution in [0.2, 0.25) is 0 Å². The molecule has 8 heteroatoms. The zero-order valence-corrected chi connectivity index (χ0v) is 15.0. The number of benzene rings is 2. The number of hydrogen-bond donors (Lipinski definition) is 1. The minimum atomic E-state index is -0.492. The summed E-state index contributed by atoms with van der Waals surface area (Å²) in [5.74, 6) is -0.506. The molecule has 1 heterocycles. The van der Waals surface area contributed by atoms with Crippen LogP contribution in [0.4, 0.5) is 11.4 Å². The number of anilines is 1. The first-order valence-corrected chi connectivity index (χ1v) is 8.73. The van der Waals surface area contributed by atoms with Crippen LogP contribution >= 0.6 is 0 Å². The average molecular weight is 381 g/mol. The number of nitrogens with one attached hydrogen (secondary N) is 1.